The van der Waals surface area contributed by atoms with Crippen molar-refractivity contribution in [2.45, 2.75) is 82.8 Å². The standard InChI is InChI=1S/C40H39BF4N6O5/c1-6-49-35-31(30(23-15-17-27(42)18-16-23)32(36(49)53)47-34(52)24-10-7-11-25(20-24)40(43,44)45)33(37(54)50-19-9-14-29(50)22-46)48-51(35)28-13-8-12-26(21-28)41-55-38(2,3)39(4,5)56-41/h7-8,10-13,15-18,20-21,29-30,32H,6,9,14,19H2,1-5H3,(H,47,52)/t29-,30?,32?/m1/s1. The summed E-state index contributed by atoms with van der Waals surface area (Å²) in [5, 5.41) is 17.5. The first-order valence-electron chi connectivity index (χ1n) is 18.3. The van der Waals surface area contributed by atoms with Crippen molar-refractivity contribution in [3.8, 4) is 11.8 Å². The molecule has 0 spiro atoms. The third kappa shape index (κ3) is 6.72. The predicted octanol–water partition coefficient (Wildman–Crippen LogP) is 5.75. The van der Waals surface area contributed by atoms with Gasteiger partial charge in [-0.1, -0.05) is 30.3 Å². The highest BCUT2D eigenvalue weighted by molar-refractivity contribution is 6.62. The average Bonchev–Trinajstić information content (AvgIpc) is 3.86. The molecule has 3 amide bonds. The van der Waals surface area contributed by atoms with Gasteiger partial charge in [-0.25, -0.2) is 9.07 Å². The Labute approximate surface area is 321 Å². The minimum absolute atomic E-state index is 0.0265. The molecule has 2 fully saturated rings. The highest BCUT2D eigenvalue weighted by atomic mass is 19.4. The van der Waals surface area contributed by atoms with Crippen LogP contribution < -0.4 is 15.7 Å². The number of benzene rings is 3. The first-order chi connectivity index (χ1) is 26.5. The number of anilines is 1. The summed E-state index contributed by atoms with van der Waals surface area (Å²) in [7, 11) is -0.764. The lowest BCUT2D eigenvalue weighted by atomic mass is 9.79. The van der Waals surface area contributed by atoms with Crippen molar-refractivity contribution in [3.05, 3.63) is 107 Å². The summed E-state index contributed by atoms with van der Waals surface area (Å²) in [5.74, 6) is -3.78. The number of fused-ring (bicyclic) bond motifs is 1. The van der Waals surface area contributed by atoms with Gasteiger partial charge in [0.05, 0.1) is 28.5 Å². The van der Waals surface area contributed by atoms with Crippen LogP contribution in [-0.4, -0.2) is 75.9 Å². The van der Waals surface area contributed by atoms with Gasteiger partial charge in [0, 0.05) is 30.1 Å². The second kappa shape index (κ2) is 14.2. The minimum atomic E-state index is -4.73. The number of carbonyl (C=O) groups excluding carboxylic acids is 3. The number of halogens is 4. The van der Waals surface area contributed by atoms with Crippen LogP contribution in [0.1, 0.15) is 90.9 Å². The molecule has 1 aromatic heterocycles. The second-order valence-electron chi connectivity index (χ2n) is 15.1. The van der Waals surface area contributed by atoms with Crippen LogP contribution >= 0.6 is 0 Å². The molecule has 2 saturated heterocycles. The molecule has 4 heterocycles. The molecule has 16 heteroatoms. The first-order valence-corrected chi connectivity index (χ1v) is 18.3. The maximum atomic E-state index is 14.7. The fourth-order valence-corrected chi connectivity index (χ4v) is 7.49. The number of likely N-dealkylation sites (tertiary alicyclic amines) is 1. The van der Waals surface area contributed by atoms with Crippen LogP contribution in [0.15, 0.2) is 72.8 Å². The molecular formula is C40H39BF4N6O5. The number of hydrogen-bond acceptors (Lipinski definition) is 7. The number of amides is 3. The Morgan fingerprint density at radius 2 is 1.70 bits per heavy atom. The van der Waals surface area contributed by atoms with E-state index >= 15 is 0 Å². The van der Waals surface area contributed by atoms with E-state index in [9.17, 15) is 37.2 Å². The van der Waals surface area contributed by atoms with Crippen LogP contribution in [0.3, 0.4) is 0 Å². The van der Waals surface area contributed by atoms with Crippen LogP contribution in [-0.2, 0) is 20.3 Å². The van der Waals surface area contributed by atoms with Crippen molar-refractivity contribution in [3.63, 3.8) is 0 Å². The van der Waals surface area contributed by atoms with E-state index in [1.165, 1.54) is 44.8 Å². The van der Waals surface area contributed by atoms with Crippen molar-refractivity contribution in [2.75, 3.05) is 18.0 Å². The monoisotopic (exact) mass is 770 g/mol. The molecule has 0 radical (unpaired) electrons. The van der Waals surface area contributed by atoms with Gasteiger partial charge in [-0.2, -0.15) is 23.5 Å². The normalized spacial score (nSPS) is 21.5. The summed E-state index contributed by atoms with van der Waals surface area (Å²) in [6.45, 7) is 9.68. The van der Waals surface area contributed by atoms with Gasteiger partial charge in [0.25, 0.3) is 17.7 Å². The molecule has 3 aliphatic rings. The van der Waals surface area contributed by atoms with E-state index in [2.05, 4.69) is 11.4 Å². The third-order valence-corrected chi connectivity index (χ3v) is 11.1. The zero-order valence-electron chi connectivity index (χ0n) is 31.4. The Balaban J connectivity index is 1.43. The van der Waals surface area contributed by atoms with E-state index in [0.717, 1.165) is 12.1 Å². The topological polar surface area (TPSA) is 130 Å². The summed E-state index contributed by atoms with van der Waals surface area (Å²) in [5.41, 5.74) is -1.20. The van der Waals surface area contributed by atoms with Gasteiger partial charge in [-0.05, 0) is 101 Å². The minimum Gasteiger partial charge on any atom is -0.399 e. The summed E-state index contributed by atoms with van der Waals surface area (Å²) in [6, 6.07) is 16.0. The summed E-state index contributed by atoms with van der Waals surface area (Å²) in [6.07, 6.45) is -3.72. The Morgan fingerprint density at radius 1 is 1.02 bits per heavy atom. The molecule has 2 unspecified atom stereocenters. The van der Waals surface area contributed by atoms with E-state index in [0.29, 0.717) is 35.6 Å². The van der Waals surface area contributed by atoms with Gasteiger partial charge in [-0.15, -0.1) is 0 Å². The van der Waals surface area contributed by atoms with Gasteiger partial charge in [0.1, 0.15) is 23.7 Å². The van der Waals surface area contributed by atoms with E-state index in [1.807, 2.05) is 33.8 Å². The SMILES string of the molecule is CCN1C(=O)C(NC(=O)c2cccc(C(F)(F)F)c2)C(c2ccc(F)cc2)c2c(C(=O)N3CCC[C@@H]3C#N)nn(-c3cccc(B4OC(C)(C)C(C)(C)O4)c3)c21. The molecule has 0 saturated carbocycles. The molecule has 3 aromatic carbocycles. The molecule has 3 atom stereocenters. The lowest BCUT2D eigenvalue weighted by molar-refractivity contribution is -0.137. The third-order valence-electron chi connectivity index (χ3n) is 11.1. The van der Waals surface area contributed by atoms with Gasteiger partial charge >= 0.3 is 13.3 Å². The van der Waals surface area contributed by atoms with Crippen molar-refractivity contribution >= 4 is 36.1 Å². The first kappa shape index (κ1) is 38.7. The largest absolute Gasteiger partial charge is 0.494 e. The zero-order chi connectivity index (χ0) is 40.3. The van der Waals surface area contributed by atoms with Gasteiger partial charge < -0.3 is 19.5 Å². The maximum absolute atomic E-state index is 14.7. The van der Waals surface area contributed by atoms with Crippen LogP contribution in [0.4, 0.5) is 23.4 Å². The zero-order valence-corrected chi connectivity index (χ0v) is 31.4. The fourth-order valence-electron chi connectivity index (χ4n) is 7.49. The molecule has 7 rings (SSSR count). The van der Waals surface area contributed by atoms with E-state index in [1.54, 1.807) is 25.1 Å². The smallest absolute Gasteiger partial charge is 0.399 e. The fraction of sp³-hybridized carbons (Fsp3) is 0.375. The average molecular weight is 771 g/mol. The van der Waals surface area contributed by atoms with E-state index in [-0.39, 0.29) is 35.7 Å². The predicted molar refractivity (Wildman–Crippen MR) is 198 cm³/mol. The molecule has 4 aromatic rings. The number of hydrogen-bond donors (Lipinski definition) is 1. The molecule has 290 valence electrons. The van der Waals surface area contributed by atoms with Crippen molar-refractivity contribution in [1.29, 1.82) is 5.26 Å². The highest BCUT2D eigenvalue weighted by Gasteiger charge is 2.52. The summed E-state index contributed by atoms with van der Waals surface area (Å²) in [4.78, 5) is 45.9. The molecule has 0 bridgehead atoms. The Bertz CT molecular complexity index is 2240. The van der Waals surface area contributed by atoms with Crippen LogP contribution in [0, 0.1) is 17.1 Å². The van der Waals surface area contributed by atoms with Crippen molar-refractivity contribution < 1.29 is 41.3 Å². The lowest BCUT2D eigenvalue weighted by Crippen LogP contribution is -2.55. The number of alkyl halides is 3. The van der Waals surface area contributed by atoms with Gasteiger partial charge in [0.15, 0.2) is 5.69 Å². The number of aromatic nitrogens is 2. The van der Waals surface area contributed by atoms with E-state index < -0.39 is 71.6 Å². The molecular weight excluding hydrogens is 731 g/mol. The van der Waals surface area contributed by atoms with Crippen LogP contribution in [0.5, 0.6) is 0 Å². The lowest BCUT2D eigenvalue weighted by Gasteiger charge is -2.38. The van der Waals surface area contributed by atoms with Gasteiger partial charge in [-0.3, -0.25) is 19.3 Å². The van der Waals surface area contributed by atoms with Gasteiger partial charge in [0.2, 0.25) is 0 Å². The number of likely N-dealkylation sites (N-methyl/N-ethyl adjacent to an activating group) is 1. The number of nitrogens with zero attached hydrogens (tertiary/aromatic N) is 5. The summed E-state index contributed by atoms with van der Waals surface area (Å²) < 4.78 is 69.4. The second-order valence-corrected chi connectivity index (χ2v) is 15.1. The summed E-state index contributed by atoms with van der Waals surface area (Å²) >= 11 is 0. The van der Waals surface area contributed by atoms with Crippen molar-refractivity contribution in [1.82, 2.24) is 20.0 Å². The molecule has 3 aliphatic heterocycles. The van der Waals surface area contributed by atoms with E-state index in [4.69, 9.17) is 14.4 Å². The Morgan fingerprint density at radius 3 is 2.34 bits per heavy atom. The number of carbonyl (C=O) groups is 3. The number of rotatable bonds is 7. The number of nitriles is 1. The molecule has 56 heavy (non-hydrogen) atoms. The molecule has 11 nitrogen and oxygen atoms in total. The Kier molecular flexibility index (Phi) is 9.82. The molecule has 1 N–H and O–H groups in total. The number of nitrogens with one attached hydrogen (secondary N) is 1. The Hall–Kier alpha value is -5.53. The van der Waals surface area contributed by atoms with Crippen molar-refractivity contribution in [2.24, 2.45) is 0 Å². The van der Waals surface area contributed by atoms with Crippen LogP contribution in [0.2, 0.25) is 0 Å². The highest BCUT2D eigenvalue weighted by Crippen LogP contribution is 2.45. The maximum Gasteiger partial charge on any atom is 0.494 e. The molecule has 0 aliphatic carbocycles. The quantitative estimate of drug-likeness (QED) is 0.187. The van der Waals surface area contributed by atoms with Crippen LogP contribution in [0.25, 0.3) is 5.69 Å².